The van der Waals surface area contributed by atoms with Crippen molar-refractivity contribution in [3.63, 3.8) is 0 Å². The minimum Gasteiger partial charge on any atom is -0.617 e. The summed E-state index contributed by atoms with van der Waals surface area (Å²) in [6, 6.07) is 4.34. The van der Waals surface area contributed by atoms with Gasteiger partial charge in [-0.15, -0.1) is 0 Å². The Hall–Kier alpha value is -2.25. The van der Waals surface area contributed by atoms with E-state index < -0.39 is 29.4 Å². The Morgan fingerprint density at radius 1 is 1.30 bits per heavy atom. The van der Waals surface area contributed by atoms with Gasteiger partial charge in [0, 0.05) is 24.2 Å². The molecule has 8 heteroatoms. The lowest BCUT2D eigenvalue weighted by Gasteiger charge is -2.46. The van der Waals surface area contributed by atoms with Crippen molar-refractivity contribution in [1.82, 2.24) is 4.90 Å². The number of unbranched alkanes of at least 4 members (excludes halogenated alkanes) is 2. The van der Waals surface area contributed by atoms with Crippen molar-refractivity contribution in [3.05, 3.63) is 39.7 Å². The fourth-order valence-corrected chi connectivity index (χ4v) is 4.50. The van der Waals surface area contributed by atoms with Gasteiger partial charge in [-0.1, -0.05) is 19.8 Å². The van der Waals surface area contributed by atoms with Crippen LogP contribution in [0.15, 0.2) is 18.2 Å². The maximum atomic E-state index is 13.3. The number of aliphatic hydroxyl groups is 1. The van der Waals surface area contributed by atoms with Crippen LogP contribution in [0, 0.1) is 12.1 Å². The molecule has 1 aliphatic rings. The van der Waals surface area contributed by atoms with Crippen molar-refractivity contribution in [3.8, 4) is 5.75 Å². The van der Waals surface area contributed by atoms with Crippen molar-refractivity contribution in [1.29, 1.82) is 0 Å². The first-order valence-electron chi connectivity index (χ1n) is 11.5. The van der Waals surface area contributed by atoms with Crippen molar-refractivity contribution >= 4 is 28.6 Å². The molecule has 0 spiro atoms. The fourth-order valence-electron chi connectivity index (χ4n) is 4.25. The van der Waals surface area contributed by atoms with Crippen LogP contribution in [0.2, 0.25) is 5.15 Å². The van der Waals surface area contributed by atoms with Gasteiger partial charge in [-0.3, -0.25) is 4.90 Å². The molecule has 2 atom stereocenters. The van der Waals surface area contributed by atoms with E-state index in [0.29, 0.717) is 33.5 Å². The maximum Gasteiger partial charge on any atom is 0.410 e. The summed E-state index contributed by atoms with van der Waals surface area (Å²) in [4.78, 5) is 14.9. The lowest BCUT2D eigenvalue weighted by atomic mass is 9.84. The number of aromatic nitrogens is 1. The SMILES string of the molecule is CCCCCN(C(=O)OC(C)(C)C)[C@H]1c2cc3c(cc2OC(C)(C)[C@@H]1O)c(C)cc(Cl)[n+]3[O-]. The number of hydrogen-bond acceptors (Lipinski definition) is 5. The topological polar surface area (TPSA) is 85.9 Å². The zero-order valence-electron chi connectivity index (χ0n) is 20.6. The molecule has 1 aliphatic heterocycles. The standard InChI is InChI=1S/C25H35ClN2O5/c1-8-9-10-11-27(23(30)33-24(3,4)5)21-17-13-18-16(15(2)12-20(26)28(18)31)14-19(17)32-25(6,7)22(21)29/h12-14,21-22,29H,8-11H2,1-7H3/t21-,22+/m0/s1. The second-order valence-corrected chi connectivity index (χ2v) is 10.7. The van der Waals surface area contributed by atoms with E-state index in [1.807, 2.05) is 27.7 Å². The van der Waals surface area contributed by atoms with Gasteiger partial charge in [-0.05, 0) is 71.2 Å². The largest absolute Gasteiger partial charge is 0.617 e. The van der Waals surface area contributed by atoms with E-state index in [-0.39, 0.29) is 5.15 Å². The molecule has 2 heterocycles. The van der Waals surface area contributed by atoms with Gasteiger partial charge in [-0.25, -0.2) is 4.79 Å². The van der Waals surface area contributed by atoms with Gasteiger partial charge in [0.15, 0.2) is 0 Å². The number of ether oxygens (including phenoxy) is 2. The molecule has 1 amide bonds. The van der Waals surface area contributed by atoms with E-state index in [1.165, 1.54) is 0 Å². The Morgan fingerprint density at radius 2 is 1.97 bits per heavy atom. The average molecular weight is 479 g/mol. The summed E-state index contributed by atoms with van der Waals surface area (Å²) in [5.41, 5.74) is 0.0888. The molecule has 2 aromatic rings. The predicted octanol–water partition coefficient (Wildman–Crippen LogP) is 5.44. The molecule has 0 radical (unpaired) electrons. The van der Waals surface area contributed by atoms with Crippen LogP contribution in [0.4, 0.5) is 4.79 Å². The first-order valence-corrected chi connectivity index (χ1v) is 11.9. The molecule has 0 unspecified atom stereocenters. The molecule has 7 nitrogen and oxygen atoms in total. The van der Waals surface area contributed by atoms with E-state index in [1.54, 1.807) is 36.9 Å². The number of aryl methyl sites for hydroxylation is 1. The van der Waals surface area contributed by atoms with Crippen LogP contribution in [0.1, 0.15) is 78.0 Å². The van der Waals surface area contributed by atoms with Crippen molar-refractivity contribution in [2.24, 2.45) is 0 Å². The molecule has 3 rings (SSSR count). The van der Waals surface area contributed by atoms with Gasteiger partial charge in [0.1, 0.15) is 23.1 Å². The second kappa shape index (κ2) is 9.18. The Kier molecular flexibility index (Phi) is 7.06. The average Bonchev–Trinajstić information content (AvgIpc) is 2.69. The van der Waals surface area contributed by atoms with Gasteiger partial charge in [0.2, 0.25) is 5.52 Å². The minimum atomic E-state index is -1.04. The number of pyridine rings is 1. The Labute approximate surface area is 200 Å². The number of carbonyl (C=O) groups is 1. The molecule has 0 aliphatic carbocycles. The molecule has 1 N–H and O–H groups in total. The number of hydrogen-bond donors (Lipinski definition) is 1. The number of rotatable bonds is 5. The van der Waals surface area contributed by atoms with Gasteiger partial charge < -0.3 is 19.8 Å². The zero-order chi connectivity index (χ0) is 24.7. The van der Waals surface area contributed by atoms with Gasteiger partial charge in [0.05, 0.1) is 11.4 Å². The van der Waals surface area contributed by atoms with E-state index in [9.17, 15) is 15.1 Å². The highest BCUT2D eigenvalue weighted by molar-refractivity contribution is 6.28. The van der Waals surface area contributed by atoms with Crippen LogP contribution < -0.4 is 9.47 Å². The first kappa shape index (κ1) is 25.4. The molecular weight excluding hydrogens is 444 g/mol. The van der Waals surface area contributed by atoms with Crippen LogP contribution in [-0.4, -0.2) is 40.0 Å². The molecule has 0 bridgehead atoms. The summed E-state index contributed by atoms with van der Waals surface area (Å²) in [5.74, 6) is 0.525. The summed E-state index contributed by atoms with van der Waals surface area (Å²) in [7, 11) is 0. The monoisotopic (exact) mass is 478 g/mol. The minimum absolute atomic E-state index is 0.0565. The zero-order valence-corrected chi connectivity index (χ0v) is 21.3. The van der Waals surface area contributed by atoms with Crippen molar-refractivity contribution < 1.29 is 24.1 Å². The molecule has 0 saturated heterocycles. The third-order valence-electron chi connectivity index (χ3n) is 5.97. The Morgan fingerprint density at radius 3 is 2.58 bits per heavy atom. The molecule has 1 aromatic heterocycles. The number of amides is 1. The van der Waals surface area contributed by atoms with E-state index in [4.69, 9.17) is 21.1 Å². The molecule has 0 saturated carbocycles. The van der Waals surface area contributed by atoms with Crippen LogP contribution in [0.5, 0.6) is 5.75 Å². The molecule has 1 aromatic carbocycles. The summed E-state index contributed by atoms with van der Waals surface area (Å²) in [5, 5.41) is 24.9. The number of halogens is 1. The first-order chi connectivity index (χ1) is 15.3. The third-order valence-corrected chi connectivity index (χ3v) is 6.23. The number of aliphatic hydroxyl groups excluding tert-OH is 1. The van der Waals surface area contributed by atoms with E-state index in [0.717, 1.165) is 24.8 Å². The number of benzene rings is 1. The summed E-state index contributed by atoms with van der Waals surface area (Å²) in [6.07, 6.45) is 1.12. The molecule has 0 fully saturated rings. The lowest BCUT2D eigenvalue weighted by molar-refractivity contribution is -0.574. The number of fused-ring (bicyclic) bond motifs is 2. The summed E-state index contributed by atoms with van der Waals surface area (Å²) < 4.78 is 12.5. The molecule has 33 heavy (non-hydrogen) atoms. The highest BCUT2D eigenvalue weighted by Gasteiger charge is 2.48. The maximum absolute atomic E-state index is 13.3. The van der Waals surface area contributed by atoms with Crippen LogP contribution >= 0.6 is 11.6 Å². The number of carbonyl (C=O) groups excluding carboxylic acids is 1. The van der Waals surface area contributed by atoms with Crippen molar-refractivity contribution in [2.75, 3.05) is 6.54 Å². The summed E-state index contributed by atoms with van der Waals surface area (Å²) >= 11 is 6.14. The Balaban J connectivity index is 2.21. The quantitative estimate of drug-likeness (QED) is 0.268. The predicted molar refractivity (Wildman–Crippen MR) is 129 cm³/mol. The highest BCUT2D eigenvalue weighted by atomic mass is 35.5. The van der Waals surface area contributed by atoms with E-state index in [2.05, 4.69) is 6.92 Å². The smallest absolute Gasteiger partial charge is 0.410 e. The fraction of sp³-hybridized carbons (Fsp3) is 0.600. The Bertz CT molecular complexity index is 1050. The van der Waals surface area contributed by atoms with E-state index >= 15 is 0 Å². The van der Waals surface area contributed by atoms with Gasteiger partial charge >= 0.3 is 6.09 Å². The lowest BCUT2D eigenvalue weighted by Crippen LogP contribution is -2.55. The second-order valence-electron chi connectivity index (χ2n) is 10.3. The third kappa shape index (κ3) is 5.14. The van der Waals surface area contributed by atoms with Crippen LogP contribution in [0.25, 0.3) is 10.9 Å². The molecule has 182 valence electrons. The van der Waals surface area contributed by atoms with Crippen LogP contribution in [-0.2, 0) is 4.74 Å². The number of nitrogens with zero attached hydrogens (tertiary/aromatic N) is 2. The summed E-state index contributed by atoms with van der Waals surface area (Å²) in [6.45, 7) is 13.4. The highest BCUT2D eigenvalue weighted by Crippen LogP contribution is 2.45. The van der Waals surface area contributed by atoms with Gasteiger partial charge in [0.25, 0.3) is 5.15 Å². The normalized spacial score (nSPS) is 19.7. The molecular formula is C25H35ClN2O5. The van der Waals surface area contributed by atoms with Gasteiger partial charge in [-0.2, -0.15) is 4.73 Å². The van der Waals surface area contributed by atoms with Crippen molar-refractivity contribution in [2.45, 2.75) is 91.1 Å². The van der Waals surface area contributed by atoms with Crippen LogP contribution in [0.3, 0.4) is 0 Å².